The number of halogens is 1. The normalized spacial score (nSPS) is 14.7. The number of rotatable bonds is 5. The van der Waals surface area contributed by atoms with Crippen molar-refractivity contribution in [1.29, 1.82) is 0 Å². The van der Waals surface area contributed by atoms with Gasteiger partial charge in [0.05, 0.1) is 5.54 Å². The molecule has 5 N–H and O–H groups in total. The summed E-state index contributed by atoms with van der Waals surface area (Å²) in [5, 5.41) is 8.58. The average Bonchev–Trinajstić information content (AvgIpc) is 3.12. The fraction of sp³-hybridized carbons (Fsp3) is 0.300. The lowest BCUT2D eigenvalue weighted by molar-refractivity contribution is 0.0903. The van der Waals surface area contributed by atoms with E-state index in [2.05, 4.69) is 16.0 Å². The van der Waals surface area contributed by atoms with E-state index in [4.69, 9.17) is 5.73 Å². The van der Waals surface area contributed by atoms with E-state index in [0.717, 1.165) is 25.7 Å². The predicted molar refractivity (Wildman–Crippen MR) is 110 cm³/mol. The van der Waals surface area contributed by atoms with Crippen LogP contribution in [0.1, 0.15) is 36.0 Å². The fourth-order valence-corrected chi connectivity index (χ4v) is 3.26. The van der Waals surface area contributed by atoms with Crippen molar-refractivity contribution in [3.05, 3.63) is 60.2 Å². The molecule has 2 aromatic rings. The highest BCUT2D eigenvalue weighted by molar-refractivity contribution is 6.00. The molecule has 0 heterocycles. The Morgan fingerprint density at radius 2 is 1.44 bits per heavy atom. The van der Waals surface area contributed by atoms with Gasteiger partial charge in [-0.05, 0) is 49.2 Å². The van der Waals surface area contributed by atoms with E-state index in [0.29, 0.717) is 23.5 Å². The van der Waals surface area contributed by atoms with Crippen molar-refractivity contribution in [2.45, 2.75) is 31.2 Å². The lowest BCUT2D eigenvalue weighted by atomic mass is 9.97. The first-order valence-corrected chi connectivity index (χ1v) is 8.86. The Morgan fingerprint density at radius 3 is 2.00 bits per heavy atom. The van der Waals surface area contributed by atoms with Gasteiger partial charge < -0.3 is 21.7 Å². The second kappa shape index (κ2) is 9.39. The molecule has 3 amide bonds. The Morgan fingerprint density at radius 1 is 0.889 bits per heavy atom. The zero-order chi connectivity index (χ0) is 18.4. The molecule has 7 heteroatoms. The Bertz CT molecular complexity index is 759. The van der Waals surface area contributed by atoms with E-state index in [1.807, 2.05) is 30.3 Å². The van der Waals surface area contributed by atoms with Crippen molar-refractivity contribution in [3.63, 3.8) is 0 Å². The standard InChI is InChI=1S/C20H24N4O2.ClH/c21-14-20(12-4-5-13-20)24-18(25)15-8-10-17(11-9-15)23-19(26)22-16-6-2-1-3-7-16;/h1-3,6-11H,4-5,12-14,21H2,(H,24,25)(H2,22,23,26);1H. The molecule has 0 aromatic heterocycles. The molecule has 0 atom stereocenters. The molecular weight excluding hydrogens is 364 g/mol. The zero-order valence-electron chi connectivity index (χ0n) is 15.0. The molecule has 144 valence electrons. The summed E-state index contributed by atoms with van der Waals surface area (Å²) in [5.41, 5.74) is 7.48. The fourth-order valence-electron chi connectivity index (χ4n) is 3.26. The number of carbonyl (C=O) groups excluding carboxylic acids is 2. The predicted octanol–water partition coefficient (Wildman–Crippen LogP) is 3.75. The molecule has 0 saturated heterocycles. The van der Waals surface area contributed by atoms with Crippen LogP contribution in [-0.4, -0.2) is 24.0 Å². The number of nitrogens with one attached hydrogen (secondary N) is 3. The Kier molecular flexibility index (Phi) is 7.21. The first kappa shape index (κ1) is 20.7. The number of amides is 3. The first-order valence-electron chi connectivity index (χ1n) is 8.86. The average molecular weight is 389 g/mol. The van der Waals surface area contributed by atoms with Crippen LogP contribution in [0.4, 0.5) is 16.2 Å². The van der Waals surface area contributed by atoms with Crippen LogP contribution in [0, 0.1) is 0 Å². The maximum Gasteiger partial charge on any atom is 0.323 e. The molecule has 1 saturated carbocycles. The number of hydrogen-bond donors (Lipinski definition) is 4. The largest absolute Gasteiger partial charge is 0.345 e. The number of urea groups is 1. The highest BCUT2D eigenvalue weighted by atomic mass is 35.5. The lowest BCUT2D eigenvalue weighted by Crippen LogP contribution is -2.51. The Labute approximate surface area is 165 Å². The summed E-state index contributed by atoms with van der Waals surface area (Å²) in [7, 11) is 0. The first-order chi connectivity index (χ1) is 12.6. The van der Waals surface area contributed by atoms with Gasteiger partial charge in [0.1, 0.15) is 0 Å². The third-order valence-electron chi connectivity index (χ3n) is 4.77. The van der Waals surface area contributed by atoms with Crippen LogP contribution in [0.2, 0.25) is 0 Å². The van der Waals surface area contributed by atoms with Crippen LogP contribution in [-0.2, 0) is 0 Å². The van der Waals surface area contributed by atoms with E-state index >= 15 is 0 Å². The number of anilines is 2. The Hall–Kier alpha value is -2.57. The highest BCUT2D eigenvalue weighted by Crippen LogP contribution is 2.29. The van der Waals surface area contributed by atoms with Gasteiger partial charge in [-0.15, -0.1) is 12.4 Å². The van der Waals surface area contributed by atoms with Gasteiger partial charge in [-0.3, -0.25) is 4.79 Å². The minimum atomic E-state index is -0.332. The minimum absolute atomic E-state index is 0. The summed E-state index contributed by atoms with van der Waals surface area (Å²) < 4.78 is 0. The molecular formula is C20H25ClN4O2. The van der Waals surface area contributed by atoms with Gasteiger partial charge in [0.2, 0.25) is 0 Å². The van der Waals surface area contributed by atoms with E-state index in [1.54, 1.807) is 24.3 Å². The SMILES string of the molecule is Cl.NCC1(NC(=O)c2ccc(NC(=O)Nc3ccccc3)cc2)CCCC1. The Balaban J connectivity index is 0.00000261. The molecule has 0 aliphatic heterocycles. The summed E-state index contributed by atoms with van der Waals surface area (Å²) in [6.45, 7) is 0.456. The molecule has 1 aliphatic rings. The molecule has 2 aromatic carbocycles. The topological polar surface area (TPSA) is 96.2 Å². The third-order valence-corrected chi connectivity index (χ3v) is 4.77. The maximum atomic E-state index is 12.5. The van der Waals surface area contributed by atoms with Crippen molar-refractivity contribution in [1.82, 2.24) is 5.32 Å². The second-order valence-corrected chi connectivity index (χ2v) is 6.67. The molecule has 3 rings (SSSR count). The number of carbonyl (C=O) groups is 2. The summed E-state index contributed by atoms with van der Waals surface area (Å²) in [4.78, 5) is 24.5. The lowest BCUT2D eigenvalue weighted by Gasteiger charge is -2.28. The maximum absolute atomic E-state index is 12.5. The molecule has 1 aliphatic carbocycles. The summed E-state index contributed by atoms with van der Waals surface area (Å²) >= 11 is 0. The van der Waals surface area contributed by atoms with Gasteiger partial charge >= 0.3 is 6.03 Å². The van der Waals surface area contributed by atoms with Gasteiger partial charge in [0, 0.05) is 23.5 Å². The van der Waals surface area contributed by atoms with Crippen LogP contribution < -0.4 is 21.7 Å². The van der Waals surface area contributed by atoms with Gasteiger partial charge in [-0.1, -0.05) is 31.0 Å². The van der Waals surface area contributed by atoms with Crippen LogP contribution in [0.25, 0.3) is 0 Å². The van der Waals surface area contributed by atoms with Gasteiger partial charge in [0.25, 0.3) is 5.91 Å². The van der Waals surface area contributed by atoms with Crippen molar-refractivity contribution in [2.75, 3.05) is 17.2 Å². The number of para-hydroxylation sites is 1. The van der Waals surface area contributed by atoms with Crippen LogP contribution in [0.15, 0.2) is 54.6 Å². The van der Waals surface area contributed by atoms with E-state index in [-0.39, 0.29) is 29.9 Å². The van der Waals surface area contributed by atoms with Crippen LogP contribution in [0.5, 0.6) is 0 Å². The van der Waals surface area contributed by atoms with E-state index in [1.165, 1.54) is 0 Å². The quantitative estimate of drug-likeness (QED) is 0.628. The highest BCUT2D eigenvalue weighted by Gasteiger charge is 2.33. The molecule has 0 spiro atoms. The monoisotopic (exact) mass is 388 g/mol. The van der Waals surface area contributed by atoms with Crippen LogP contribution in [0.3, 0.4) is 0 Å². The molecule has 0 unspecified atom stereocenters. The van der Waals surface area contributed by atoms with Gasteiger partial charge in [-0.2, -0.15) is 0 Å². The summed E-state index contributed by atoms with van der Waals surface area (Å²) in [6.07, 6.45) is 4.04. The molecule has 27 heavy (non-hydrogen) atoms. The number of hydrogen-bond acceptors (Lipinski definition) is 3. The molecule has 6 nitrogen and oxygen atoms in total. The van der Waals surface area contributed by atoms with Crippen molar-refractivity contribution < 1.29 is 9.59 Å². The molecule has 1 fully saturated rings. The van der Waals surface area contributed by atoms with Crippen molar-refractivity contribution in [2.24, 2.45) is 5.73 Å². The van der Waals surface area contributed by atoms with Crippen LogP contribution >= 0.6 is 12.4 Å². The summed E-state index contributed by atoms with van der Waals surface area (Å²) in [5.74, 6) is -0.127. The van der Waals surface area contributed by atoms with Crippen molar-refractivity contribution >= 4 is 35.7 Å². The third kappa shape index (κ3) is 5.45. The molecule has 0 radical (unpaired) electrons. The smallest absolute Gasteiger partial charge is 0.323 e. The van der Waals surface area contributed by atoms with Gasteiger partial charge in [0.15, 0.2) is 0 Å². The summed E-state index contributed by atoms with van der Waals surface area (Å²) in [6, 6.07) is 15.7. The van der Waals surface area contributed by atoms with Gasteiger partial charge in [-0.25, -0.2) is 4.79 Å². The van der Waals surface area contributed by atoms with Crippen molar-refractivity contribution in [3.8, 4) is 0 Å². The minimum Gasteiger partial charge on any atom is -0.345 e. The number of nitrogens with two attached hydrogens (primary N) is 1. The number of benzene rings is 2. The zero-order valence-corrected chi connectivity index (χ0v) is 15.9. The second-order valence-electron chi connectivity index (χ2n) is 6.67. The molecule has 0 bridgehead atoms. The van der Waals surface area contributed by atoms with E-state index in [9.17, 15) is 9.59 Å². The van der Waals surface area contributed by atoms with E-state index < -0.39 is 0 Å².